The second-order valence-corrected chi connectivity index (χ2v) is 9.96. The number of hydrogen-bond donors (Lipinski definition) is 1. The first-order chi connectivity index (χ1) is 16.9. The Balaban J connectivity index is 3.61. The van der Waals surface area contributed by atoms with Gasteiger partial charge in [-0.2, -0.15) is 0 Å². The number of hydrazine groups is 1. The van der Waals surface area contributed by atoms with Crippen molar-refractivity contribution in [3.05, 3.63) is 35.0 Å². The topological polar surface area (TPSA) is 133 Å². The molecule has 0 unspecified atom stereocenters. The lowest BCUT2D eigenvalue weighted by molar-refractivity contribution is -0.157. The lowest BCUT2D eigenvalue weighted by atomic mass is 9.89. The Morgan fingerprint density at radius 3 is 2.17 bits per heavy atom. The first-order valence-electron chi connectivity index (χ1n) is 12.4. The minimum Gasteiger partial charge on any atom is -0.379 e. The summed E-state index contributed by atoms with van der Waals surface area (Å²) in [7, 11) is 5.08. The van der Waals surface area contributed by atoms with Crippen LogP contribution in [0.4, 0.5) is 0 Å². The number of methoxy groups -OCH3 is 1. The van der Waals surface area contributed by atoms with Crippen LogP contribution >= 0.6 is 0 Å². The number of nitrogens with zero attached hydrogens (tertiary/aromatic N) is 6. The van der Waals surface area contributed by atoms with Crippen molar-refractivity contribution in [2.24, 2.45) is 17.0 Å². The van der Waals surface area contributed by atoms with Crippen molar-refractivity contribution in [3.63, 3.8) is 0 Å². The van der Waals surface area contributed by atoms with Gasteiger partial charge in [0.15, 0.2) is 0 Å². The third kappa shape index (κ3) is 7.56. The molecule has 2 amide bonds. The van der Waals surface area contributed by atoms with Crippen LogP contribution in [0.5, 0.6) is 0 Å². The molecule has 11 nitrogen and oxygen atoms in total. The number of amides is 2. The second-order valence-electron chi connectivity index (χ2n) is 9.96. The molecule has 0 aliphatic rings. The molecule has 5 atom stereocenters. The Labute approximate surface area is 214 Å². The highest BCUT2D eigenvalue weighted by molar-refractivity contribution is 5.90. The van der Waals surface area contributed by atoms with Gasteiger partial charge in [-0.05, 0) is 56.9 Å². The van der Waals surface area contributed by atoms with Gasteiger partial charge in [-0.15, -0.1) is 0 Å². The number of carbonyl (C=O) groups excluding carboxylic acids is 3. The molecule has 0 aliphatic heterocycles. The van der Waals surface area contributed by atoms with Crippen molar-refractivity contribution < 1.29 is 19.1 Å². The van der Waals surface area contributed by atoms with Gasteiger partial charge < -0.3 is 4.74 Å². The molecular formula is C25H43N7O4. The highest BCUT2D eigenvalue weighted by atomic mass is 16.5. The lowest BCUT2D eigenvalue weighted by Gasteiger charge is -2.43. The maximum atomic E-state index is 14.0. The highest BCUT2D eigenvalue weighted by Crippen LogP contribution is 2.27. The van der Waals surface area contributed by atoms with Crippen molar-refractivity contribution in [1.29, 1.82) is 0 Å². The molecule has 0 radical (unpaired) electrons. The van der Waals surface area contributed by atoms with E-state index in [1.807, 2.05) is 27.7 Å². The van der Waals surface area contributed by atoms with E-state index < -0.39 is 29.6 Å². The smallest absolute Gasteiger partial charge is 0.256 e. The maximum absolute atomic E-state index is 14.0. The minimum absolute atomic E-state index is 0.0223. The summed E-state index contributed by atoms with van der Waals surface area (Å²) in [6.07, 6.45) is 3.41. The van der Waals surface area contributed by atoms with E-state index in [2.05, 4.69) is 15.5 Å². The van der Waals surface area contributed by atoms with Gasteiger partial charge in [0, 0.05) is 24.4 Å². The number of ether oxygens (including phenoxy) is 1. The zero-order chi connectivity index (χ0) is 27.6. The van der Waals surface area contributed by atoms with Crippen molar-refractivity contribution >= 4 is 17.7 Å². The molecule has 0 saturated heterocycles. The van der Waals surface area contributed by atoms with Gasteiger partial charge in [-0.1, -0.05) is 46.2 Å². The quantitative estimate of drug-likeness (QED) is 0.188. The Morgan fingerprint density at radius 2 is 1.75 bits per heavy atom. The number of likely N-dealkylation sites (N-methyl/N-ethyl adjacent to an activating group) is 1. The van der Waals surface area contributed by atoms with E-state index >= 15 is 0 Å². The van der Waals surface area contributed by atoms with Crippen LogP contribution in [0.1, 0.15) is 65.6 Å². The van der Waals surface area contributed by atoms with Gasteiger partial charge >= 0.3 is 0 Å². The molecule has 1 rings (SSSR count). The Hall–Kier alpha value is -2.88. The van der Waals surface area contributed by atoms with Gasteiger partial charge in [0.25, 0.3) is 11.8 Å². The summed E-state index contributed by atoms with van der Waals surface area (Å²) >= 11 is 0. The van der Waals surface area contributed by atoms with Crippen molar-refractivity contribution in [2.75, 3.05) is 21.2 Å². The molecule has 0 fully saturated rings. The third-order valence-corrected chi connectivity index (χ3v) is 6.80. The Kier molecular flexibility index (Phi) is 12.1. The number of carbonyl (C=O) groups is 3. The summed E-state index contributed by atoms with van der Waals surface area (Å²) in [4.78, 5) is 45.1. The summed E-state index contributed by atoms with van der Waals surface area (Å²) in [5.74, 6) is -1.34. The summed E-state index contributed by atoms with van der Waals surface area (Å²) in [6.45, 7) is 11.0. The van der Waals surface area contributed by atoms with Gasteiger partial charge in [0.05, 0.1) is 24.6 Å². The van der Waals surface area contributed by atoms with E-state index in [4.69, 9.17) is 4.74 Å². The highest BCUT2D eigenvalue weighted by Gasteiger charge is 2.44. The molecule has 1 aromatic heterocycles. The minimum atomic E-state index is -1.44. The molecular weight excluding hydrogens is 462 g/mol. The monoisotopic (exact) mass is 505 g/mol. The normalized spacial score (nSPS) is 16.4. The third-order valence-electron chi connectivity index (χ3n) is 6.80. The summed E-state index contributed by atoms with van der Waals surface area (Å²) in [6, 6.07) is 2.28. The second kappa shape index (κ2) is 14.0. The fourth-order valence-electron chi connectivity index (χ4n) is 4.35. The van der Waals surface area contributed by atoms with E-state index in [0.29, 0.717) is 6.42 Å². The standard InChI is InChI=1S/C25H43N7O4/c1-10-18(5)22(19(36-9)16-20(33)31-14-12-13-15-31)32(24(35)25(6,11-2)28-29-26)27-23(34)21(17(3)4)30(7)8/h12-15,17-19,21-22H,10-11,16H2,1-9H3,(H,27,34)/t18-,19+,21-,22-,25-/m0/s1. The van der Waals surface area contributed by atoms with Gasteiger partial charge in [0.2, 0.25) is 5.91 Å². The lowest BCUT2D eigenvalue weighted by Crippen LogP contribution is -2.65. The van der Waals surface area contributed by atoms with E-state index in [0.717, 1.165) is 0 Å². The van der Waals surface area contributed by atoms with Crippen LogP contribution in [-0.2, 0) is 14.3 Å². The van der Waals surface area contributed by atoms with Crippen molar-refractivity contribution in [3.8, 4) is 0 Å². The van der Waals surface area contributed by atoms with Crippen LogP contribution in [0.25, 0.3) is 10.4 Å². The largest absolute Gasteiger partial charge is 0.379 e. The van der Waals surface area contributed by atoms with Crippen molar-refractivity contribution in [2.45, 2.75) is 84.5 Å². The average Bonchev–Trinajstić information content (AvgIpc) is 3.36. The summed E-state index contributed by atoms with van der Waals surface area (Å²) < 4.78 is 7.25. The van der Waals surface area contributed by atoms with Crippen LogP contribution in [0.2, 0.25) is 0 Å². The molecule has 0 aliphatic carbocycles. The number of azide groups is 1. The van der Waals surface area contributed by atoms with Crippen LogP contribution < -0.4 is 5.43 Å². The molecule has 11 heteroatoms. The zero-order valence-electron chi connectivity index (χ0n) is 23.1. The molecule has 1 heterocycles. The molecule has 1 N–H and O–H groups in total. The number of aromatic nitrogens is 1. The predicted molar refractivity (Wildman–Crippen MR) is 139 cm³/mol. The summed E-state index contributed by atoms with van der Waals surface area (Å²) in [5.41, 5.74) is 10.6. The van der Waals surface area contributed by atoms with E-state index in [1.54, 1.807) is 57.4 Å². The average molecular weight is 506 g/mol. The maximum Gasteiger partial charge on any atom is 0.256 e. The van der Waals surface area contributed by atoms with E-state index in [1.165, 1.54) is 16.7 Å². The molecule has 1 aromatic rings. The molecule has 36 heavy (non-hydrogen) atoms. The molecule has 0 saturated carbocycles. The number of nitrogens with one attached hydrogen (secondary N) is 1. The van der Waals surface area contributed by atoms with Gasteiger partial charge in [-0.3, -0.25) is 29.3 Å². The molecule has 0 bridgehead atoms. The first kappa shape index (κ1) is 31.2. The predicted octanol–water partition coefficient (Wildman–Crippen LogP) is 3.87. The van der Waals surface area contributed by atoms with Crippen LogP contribution in [0, 0.1) is 11.8 Å². The fraction of sp³-hybridized carbons (Fsp3) is 0.720. The summed E-state index contributed by atoms with van der Waals surface area (Å²) in [5, 5.41) is 5.04. The van der Waals surface area contributed by atoms with Crippen LogP contribution in [0.15, 0.2) is 29.6 Å². The fourth-order valence-corrected chi connectivity index (χ4v) is 4.35. The number of rotatable bonds is 13. The zero-order valence-corrected chi connectivity index (χ0v) is 23.1. The van der Waals surface area contributed by atoms with E-state index in [9.17, 15) is 19.9 Å². The molecule has 0 aromatic carbocycles. The van der Waals surface area contributed by atoms with Gasteiger partial charge in [0.1, 0.15) is 5.54 Å². The Morgan fingerprint density at radius 1 is 1.17 bits per heavy atom. The first-order valence-corrected chi connectivity index (χ1v) is 12.4. The van der Waals surface area contributed by atoms with E-state index in [-0.39, 0.29) is 36.5 Å². The Bertz CT molecular complexity index is 904. The molecule has 0 spiro atoms. The van der Waals surface area contributed by atoms with Gasteiger partial charge in [-0.25, -0.2) is 5.01 Å². The van der Waals surface area contributed by atoms with Crippen LogP contribution in [-0.4, -0.2) is 77.1 Å². The van der Waals surface area contributed by atoms with Crippen molar-refractivity contribution in [1.82, 2.24) is 19.9 Å². The van der Waals surface area contributed by atoms with Crippen LogP contribution in [0.3, 0.4) is 0 Å². The SMILES string of the molecule is CC[C@H](C)[C@@H]([C@@H](CC(=O)n1cccc1)OC)N(NC(=O)[C@H](C(C)C)N(C)C)C(=O)[C@](C)(CC)N=[N+]=[N-]. The molecule has 202 valence electrons. The number of hydrogen-bond acceptors (Lipinski definition) is 6.